The Morgan fingerprint density at radius 2 is 1.94 bits per heavy atom. The lowest BCUT2D eigenvalue weighted by Gasteiger charge is -2.17. The van der Waals surface area contributed by atoms with Crippen LogP contribution in [0.15, 0.2) is 28.7 Å². The van der Waals surface area contributed by atoms with Crippen molar-refractivity contribution in [3.05, 3.63) is 34.3 Å². The molecule has 0 saturated heterocycles. The van der Waals surface area contributed by atoms with Crippen LogP contribution in [0.1, 0.15) is 19.4 Å². The van der Waals surface area contributed by atoms with E-state index in [1.165, 1.54) is 5.56 Å². The van der Waals surface area contributed by atoms with Gasteiger partial charge >= 0.3 is 0 Å². The zero-order chi connectivity index (χ0) is 12.1. The van der Waals surface area contributed by atoms with Crippen LogP contribution in [0, 0.1) is 0 Å². The summed E-state index contributed by atoms with van der Waals surface area (Å²) in [6.45, 7) is 3.82. The standard InChI is InChI=1S/C12H17BrN2O/c1-8(15-9(2)12(14)16)7-10-3-5-11(13)6-4-10/h3-6,8-9,15H,7H2,1-2H3,(H2,14,16). The number of rotatable bonds is 5. The quantitative estimate of drug-likeness (QED) is 0.867. The van der Waals surface area contributed by atoms with E-state index in [0.29, 0.717) is 0 Å². The van der Waals surface area contributed by atoms with Gasteiger partial charge in [0.2, 0.25) is 5.91 Å². The van der Waals surface area contributed by atoms with Crippen molar-refractivity contribution in [2.24, 2.45) is 5.73 Å². The van der Waals surface area contributed by atoms with Crippen LogP contribution < -0.4 is 11.1 Å². The van der Waals surface area contributed by atoms with Crippen LogP contribution >= 0.6 is 15.9 Å². The number of benzene rings is 1. The molecule has 3 nitrogen and oxygen atoms in total. The smallest absolute Gasteiger partial charge is 0.234 e. The molecule has 2 atom stereocenters. The lowest BCUT2D eigenvalue weighted by atomic mass is 10.1. The third-order valence-corrected chi connectivity index (χ3v) is 2.95. The Balaban J connectivity index is 2.48. The van der Waals surface area contributed by atoms with Crippen LogP contribution in [0.4, 0.5) is 0 Å². The van der Waals surface area contributed by atoms with Crippen LogP contribution in [-0.2, 0) is 11.2 Å². The van der Waals surface area contributed by atoms with Crippen LogP contribution in [0.3, 0.4) is 0 Å². The minimum Gasteiger partial charge on any atom is -0.368 e. The number of amides is 1. The fourth-order valence-electron chi connectivity index (χ4n) is 1.54. The Morgan fingerprint density at radius 1 is 1.38 bits per heavy atom. The van der Waals surface area contributed by atoms with Gasteiger partial charge in [-0.1, -0.05) is 28.1 Å². The largest absolute Gasteiger partial charge is 0.368 e. The molecule has 0 aromatic heterocycles. The van der Waals surface area contributed by atoms with Gasteiger partial charge in [-0.3, -0.25) is 4.79 Å². The van der Waals surface area contributed by atoms with Gasteiger partial charge in [-0.15, -0.1) is 0 Å². The second kappa shape index (κ2) is 6.01. The SMILES string of the molecule is CC(Cc1ccc(Br)cc1)NC(C)C(N)=O. The van der Waals surface area contributed by atoms with Crippen molar-refractivity contribution in [3.8, 4) is 0 Å². The Kier molecular flexibility index (Phi) is 4.96. The Morgan fingerprint density at radius 3 is 2.44 bits per heavy atom. The highest BCUT2D eigenvalue weighted by Gasteiger charge is 2.11. The van der Waals surface area contributed by atoms with E-state index < -0.39 is 0 Å². The summed E-state index contributed by atoms with van der Waals surface area (Å²) in [5, 5.41) is 3.16. The first-order valence-corrected chi connectivity index (χ1v) is 6.08. The van der Waals surface area contributed by atoms with Gasteiger partial charge in [0.25, 0.3) is 0 Å². The fraction of sp³-hybridized carbons (Fsp3) is 0.417. The zero-order valence-electron chi connectivity index (χ0n) is 9.53. The minimum absolute atomic E-state index is 0.226. The molecule has 2 unspecified atom stereocenters. The fourth-order valence-corrected chi connectivity index (χ4v) is 1.81. The van der Waals surface area contributed by atoms with E-state index in [4.69, 9.17) is 5.73 Å². The zero-order valence-corrected chi connectivity index (χ0v) is 11.1. The average Bonchev–Trinajstić information content (AvgIpc) is 2.21. The molecule has 1 rings (SSSR count). The maximum absolute atomic E-state index is 10.9. The van der Waals surface area contributed by atoms with E-state index in [9.17, 15) is 4.79 Å². The maximum Gasteiger partial charge on any atom is 0.234 e. The van der Waals surface area contributed by atoms with Gasteiger partial charge in [0, 0.05) is 10.5 Å². The molecule has 0 bridgehead atoms. The van der Waals surface area contributed by atoms with Crippen molar-refractivity contribution in [1.29, 1.82) is 0 Å². The predicted molar refractivity (Wildman–Crippen MR) is 69.1 cm³/mol. The highest BCUT2D eigenvalue weighted by Crippen LogP contribution is 2.11. The van der Waals surface area contributed by atoms with E-state index in [1.54, 1.807) is 6.92 Å². The third kappa shape index (κ3) is 4.33. The summed E-state index contributed by atoms with van der Waals surface area (Å²) in [5.41, 5.74) is 6.43. The topological polar surface area (TPSA) is 55.1 Å². The molecule has 1 amide bonds. The van der Waals surface area contributed by atoms with Crippen molar-refractivity contribution in [1.82, 2.24) is 5.32 Å². The summed E-state index contributed by atoms with van der Waals surface area (Å²) in [6, 6.07) is 8.10. The molecule has 0 heterocycles. The van der Waals surface area contributed by atoms with Gasteiger partial charge in [-0.05, 0) is 38.0 Å². The summed E-state index contributed by atoms with van der Waals surface area (Å²) < 4.78 is 1.07. The molecule has 0 fully saturated rings. The number of hydrogen-bond acceptors (Lipinski definition) is 2. The van der Waals surface area contributed by atoms with E-state index in [2.05, 4.69) is 33.4 Å². The van der Waals surface area contributed by atoms with Crippen LogP contribution in [0.5, 0.6) is 0 Å². The number of nitrogens with one attached hydrogen (secondary N) is 1. The average molecular weight is 285 g/mol. The highest BCUT2D eigenvalue weighted by molar-refractivity contribution is 9.10. The molecule has 0 aliphatic carbocycles. The number of hydrogen-bond donors (Lipinski definition) is 2. The second-order valence-corrected chi connectivity index (χ2v) is 4.94. The molecule has 0 spiro atoms. The maximum atomic E-state index is 10.9. The van der Waals surface area contributed by atoms with E-state index in [1.807, 2.05) is 19.1 Å². The van der Waals surface area contributed by atoms with Crippen molar-refractivity contribution >= 4 is 21.8 Å². The molecule has 16 heavy (non-hydrogen) atoms. The molecule has 0 aliphatic heterocycles. The monoisotopic (exact) mass is 284 g/mol. The molecule has 0 aliphatic rings. The van der Waals surface area contributed by atoms with Gasteiger partial charge < -0.3 is 11.1 Å². The van der Waals surface area contributed by atoms with Gasteiger partial charge in [0.15, 0.2) is 0 Å². The first kappa shape index (κ1) is 13.2. The Labute approximate surface area is 105 Å². The Hall–Kier alpha value is -0.870. The van der Waals surface area contributed by atoms with Crippen molar-refractivity contribution < 1.29 is 4.79 Å². The number of halogens is 1. The first-order valence-electron chi connectivity index (χ1n) is 5.29. The van der Waals surface area contributed by atoms with Gasteiger partial charge in [0.05, 0.1) is 6.04 Å². The lowest BCUT2D eigenvalue weighted by molar-refractivity contribution is -0.119. The summed E-state index contributed by atoms with van der Waals surface area (Å²) in [4.78, 5) is 10.9. The summed E-state index contributed by atoms with van der Waals surface area (Å²) in [6.07, 6.45) is 0.880. The molecular weight excluding hydrogens is 268 g/mol. The Bertz CT molecular complexity index is 351. The molecule has 0 saturated carbocycles. The van der Waals surface area contributed by atoms with Gasteiger partial charge in [-0.25, -0.2) is 0 Å². The number of carbonyl (C=O) groups is 1. The van der Waals surface area contributed by atoms with Gasteiger partial charge in [-0.2, -0.15) is 0 Å². The highest BCUT2D eigenvalue weighted by atomic mass is 79.9. The number of primary amides is 1. The van der Waals surface area contributed by atoms with E-state index >= 15 is 0 Å². The molecule has 1 aromatic rings. The van der Waals surface area contributed by atoms with Crippen molar-refractivity contribution in [2.45, 2.75) is 32.4 Å². The second-order valence-electron chi connectivity index (χ2n) is 4.02. The lowest BCUT2D eigenvalue weighted by Crippen LogP contribution is -2.44. The predicted octanol–water partition coefficient (Wildman–Crippen LogP) is 1.84. The van der Waals surface area contributed by atoms with E-state index in [0.717, 1.165) is 10.9 Å². The van der Waals surface area contributed by atoms with Gasteiger partial charge in [0.1, 0.15) is 0 Å². The molecule has 0 radical (unpaired) electrons. The van der Waals surface area contributed by atoms with Crippen LogP contribution in [0.25, 0.3) is 0 Å². The van der Waals surface area contributed by atoms with Crippen LogP contribution in [0.2, 0.25) is 0 Å². The summed E-state index contributed by atoms with van der Waals surface area (Å²) in [5.74, 6) is -0.317. The number of carbonyl (C=O) groups excluding carboxylic acids is 1. The molecule has 3 N–H and O–H groups in total. The molecule has 1 aromatic carbocycles. The summed E-state index contributed by atoms with van der Waals surface area (Å²) in [7, 11) is 0. The van der Waals surface area contributed by atoms with Crippen molar-refractivity contribution in [2.75, 3.05) is 0 Å². The third-order valence-electron chi connectivity index (χ3n) is 2.42. The molecular formula is C12H17BrN2O. The molecule has 88 valence electrons. The normalized spacial score (nSPS) is 14.4. The van der Waals surface area contributed by atoms with E-state index in [-0.39, 0.29) is 18.0 Å². The molecule has 4 heteroatoms. The first-order chi connectivity index (χ1) is 7.49. The minimum atomic E-state index is -0.317. The van der Waals surface area contributed by atoms with Crippen LogP contribution in [-0.4, -0.2) is 18.0 Å². The van der Waals surface area contributed by atoms with Crippen molar-refractivity contribution in [3.63, 3.8) is 0 Å². The summed E-state index contributed by atoms with van der Waals surface area (Å²) >= 11 is 3.39. The number of nitrogens with two attached hydrogens (primary N) is 1.